The van der Waals surface area contributed by atoms with Gasteiger partial charge in [-0.3, -0.25) is 14.6 Å². The Labute approximate surface area is 268 Å². The Kier molecular flexibility index (Phi) is 13.7. The molecule has 0 spiro atoms. The molecule has 1 aliphatic rings. The number of amides is 1. The van der Waals surface area contributed by atoms with Crippen LogP contribution >= 0.6 is 11.8 Å². The molecule has 1 heterocycles. The summed E-state index contributed by atoms with van der Waals surface area (Å²) in [6.07, 6.45) is 7.93. The number of nitrogens with one attached hydrogen (secondary N) is 1. The number of nitrogens with zero attached hydrogens (tertiary/aromatic N) is 3. The highest BCUT2D eigenvalue weighted by atomic mass is 32.2. The molecule has 45 heavy (non-hydrogen) atoms. The minimum absolute atomic E-state index is 0.0162. The van der Waals surface area contributed by atoms with Gasteiger partial charge in [0.05, 0.1) is 23.9 Å². The summed E-state index contributed by atoms with van der Waals surface area (Å²) in [6.45, 7) is 2.77. The van der Waals surface area contributed by atoms with Crippen LogP contribution in [0.3, 0.4) is 0 Å². The van der Waals surface area contributed by atoms with Crippen LogP contribution in [0.4, 0.5) is 0 Å². The second-order valence-electron chi connectivity index (χ2n) is 9.88. The molecule has 4 aromatic rings. The van der Waals surface area contributed by atoms with Crippen molar-refractivity contribution in [2.75, 3.05) is 20.7 Å². The van der Waals surface area contributed by atoms with Crippen LogP contribution in [0.15, 0.2) is 111 Å². The fourth-order valence-electron chi connectivity index (χ4n) is 4.32. The van der Waals surface area contributed by atoms with Crippen molar-refractivity contribution in [3.63, 3.8) is 0 Å². The van der Waals surface area contributed by atoms with Crippen LogP contribution in [0, 0.1) is 0 Å². The number of ether oxygens (including phenoxy) is 1. The van der Waals surface area contributed by atoms with E-state index in [1.54, 1.807) is 41.6 Å². The van der Waals surface area contributed by atoms with Crippen LogP contribution in [0.5, 0.6) is 0 Å². The second-order valence-corrected chi connectivity index (χ2v) is 11.0. The first-order valence-electron chi connectivity index (χ1n) is 14.5. The van der Waals surface area contributed by atoms with Crippen molar-refractivity contribution in [3.05, 3.63) is 102 Å². The number of allylic oxidation sites excluding steroid dienone is 4. The number of guanidine groups is 1. The molecule has 11 heteroatoms. The van der Waals surface area contributed by atoms with Crippen LogP contribution in [0.25, 0.3) is 22.4 Å². The summed E-state index contributed by atoms with van der Waals surface area (Å²) in [5.74, 6) is 1.45. The average Bonchev–Trinajstić information content (AvgIpc) is 3.41. The molecule has 1 aliphatic carbocycles. The third-order valence-electron chi connectivity index (χ3n) is 6.51. The van der Waals surface area contributed by atoms with Crippen LogP contribution in [-0.2, 0) is 16.1 Å². The van der Waals surface area contributed by atoms with Gasteiger partial charge in [0.15, 0.2) is 5.96 Å². The van der Waals surface area contributed by atoms with E-state index in [1.807, 2.05) is 62.5 Å². The van der Waals surface area contributed by atoms with Gasteiger partial charge in [-0.25, -0.2) is 4.98 Å². The Morgan fingerprint density at radius 1 is 1.02 bits per heavy atom. The lowest BCUT2D eigenvalue weighted by Gasteiger charge is -2.12. The number of aliphatic imine (C=N–C) groups is 1. The zero-order valence-electron chi connectivity index (χ0n) is 25.9. The van der Waals surface area contributed by atoms with Crippen molar-refractivity contribution in [1.82, 2.24) is 14.9 Å². The number of carbonyl (C=O) groups excluding carboxylic acids is 2. The number of carbonyl (C=O) groups is 2. The van der Waals surface area contributed by atoms with Gasteiger partial charge < -0.3 is 31.8 Å². The number of nitrogens with two attached hydrogens (primary N) is 3. The van der Waals surface area contributed by atoms with E-state index in [-0.39, 0.29) is 12.5 Å². The van der Waals surface area contributed by atoms with Gasteiger partial charge in [0.1, 0.15) is 18.7 Å². The monoisotopic (exact) mass is 627 g/mol. The van der Waals surface area contributed by atoms with Gasteiger partial charge in [-0.2, -0.15) is 0 Å². The van der Waals surface area contributed by atoms with Gasteiger partial charge in [0, 0.05) is 46.6 Å². The van der Waals surface area contributed by atoms with Crippen molar-refractivity contribution in [1.29, 1.82) is 0 Å². The number of hydrogen-bond donors (Lipinski definition) is 4. The molecule has 1 amide bonds. The highest BCUT2D eigenvalue weighted by Crippen LogP contribution is 2.32. The smallest absolute Gasteiger partial charge is 0.237 e. The molecule has 236 valence electrons. The number of hydrogen-bond acceptors (Lipinski definition) is 7. The zero-order valence-corrected chi connectivity index (χ0v) is 26.7. The molecule has 0 aliphatic heterocycles. The van der Waals surface area contributed by atoms with E-state index in [1.165, 1.54) is 5.70 Å². The third kappa shape index (κ3) is 10.9. The van der Waals surface area contributed by atoms with Gasteiger partial charge in [0.25, 0.3) is 0 Å². The highest BCUT2D eigenvalue weighted by Gasteiger charge is 2.15. The van der Waals surface area contributed by atoms with Crippen LogP contribution in [-0.4, -0.2) is 48.4 Å². The second kappa shape index (κ2) is 17.9. The number of methoxy groups -OCH3 is 1. The molecule has 0 radical (unpaired) electrons. The van der Waals surface area contributed by atoms with Gasteiger partial charge in [-0.1, -0.05) is 49.0 Å². The van der Waals surface area contributed by atoms with Crippen LogP contribution in [0.1, 0.15) is 36.5 Å². The van der Waals surface area contributed by atoms with Crippen molar-refractivity contribution in [3.8, 4) is 11.4 Å². The van der Waals surface area contributed by atoms with Gasteiger partial charge in [-0.15, -0.1) is 0 Å². The lowest BCUT2D eigenvalue weighted by molar-refractivity contribution is -0.118. The first-order chi connectivity index (χ1) is 21.8. The summed E-state index contributed by atoms with van der Waals surface area (Å²) in [4.78, 5) is 33.3. The molecule has 5 rings (SSSR count). The Hall–Kier alpha value is -5.03. The number of benzene rings is 3. The molecular weight excluding hydrogens is 586 g/mol. The Balaban J connectivity index is 0.000000266. The summed E-state index contributed by atoms with van der Waals surface area (Å²) in [5.41, 5.74) is 19.6. The van der Waals surface area contributed by atoms with Crippen molar-refractivity contribution >= 4 is 40.9 Å². The average molecular weight is 628 g/mol. The number of imidazole rings is 1. The first-order valence-corrected chi connectivity index (χ1v) is 15.3. The molecule has 0 saturated heterocycles. The van der Waals surface area contributed by atoms with E-state index < -0.39 is 5.91 Å². The first kappa shape index (κ1) is 34.5. The quantitative estimate of drug-likeness (QED) is 0.105. The molecular formula is C34H41N7O3S. The Morgan fingerprint density at radius 3 is 2.36 bits per heavy atom. The Bertz CT molecular complexity index is 1640. The number of aromatic nitrogens is 2. The van der Waals surface area contributed by atoms with E-state index in [0.29, 0.717) is 16.9 Å². The van der Waals surface area contributed by atoms with Gasteiger partial charge >= 0.3 is 0 Å². The van der Waals surface area contributed by atoms with Gasteiger partial charge in [0.2, 0.25) is 5.91 Å². The van der Waals surface area contributed by atoms with E-state index in [0.717, 1.165) is 58.7 Å². The molecule has 0 bridgehead atoms. The topological polar surface area (TPSA) is 164 Å². The molecule has 0 fully saturated rings. The van der Waals surface area contributed by atoms with Gasteiger partial charge in [-0.05, 0) is 67.5 Å². The maximum Gasteiger partial charge on any atom is 0.237 e. The van der Waals surface area contributed by atoms with E-state index in [2.05, 4.69) is 33.5 Å². The van der Waals surface area contributed by atoms with Crippen LogP contribution in [0.2, 0.25) is 0 Å². The highest BCUT2D eigenvalue weighted by molar-refractivity contribution is 7.99. The third-order valence-corrected chi connectivity index (χ3v) is 7.50. The summed E-state index contributed by atoms with van der Waals surface area (Å²) in [6, 6.07) is 23.3. The number of rotatable bonds is 10. The fraction of sp³-hybridized carbons (Fsp3) is 0.235. The number of aldehydes is 1. The van der Waals surface area contributed by atoms with Crippen molar-refractivity contribution in [2.24, 2.45) is 22.2 Å². The number of fused-ring (bicyclic) bond motifs is 1. The molecule has 3 aromatic carbocycles. The van der Waals surface area contributed by atoms with Crippen molar-refractivity contribution in [2.45, 2.75) is 42.5 Å². The zero-order chi connectivity index (χ0) is 32.6. The predicted octanol–water partition coefficient (Wildman–Crippen LogP) is 5.24. The summed E-state index contributed by atoms with van der Waals surface area (Å²) >= 11 is 1.65. The minimum atomic E-state index is -0.449. The summed E-state index contributed by atoms with van der Waals surface area (Å²) < 4.78 is 6.86. The largest absolute Gasteiger partial charge is 0.501 e. The minimum Gasteiger partial charge on any atom is -0.501 e. The van der Waals surface area contributed by atoms with E-state index in [9.17, 15) is 9.59 Å². The maximum atomic E-state index is 11.6. The molecule has 7 N–H and O–H groups in total. The standard InChI is InChI=1S/C22H17N3O2S.C8H13NO.C4H11N3/c23-21(27)13-25-20-10-9-15(14-26)11-19(20)24-22(25)16-5-4-8-18(12-16)28-17-6-2-1-3-7-17;1-9-7-3-5-8(10-2)6-4-7;1-2-3-7-4(5)6/h1-12,14H,13H2,(H2,23,27);3,5,9H,4,6H2,1-2H3;2-3H2,1H3,(H4,5,6,7). The molecule has 10 nitrogen and oxygen atoms in total. The number of primary amides is 1. The molecule has 0 unspecified atom stereocenters. The molecule has 0 atom stereocenters. The van der Waals surface area contributed by atoms with E-state index >= 15 is 0 Å². The molecule has 1 aromatic heterocycles. The van der Waals surface area contributed by atoms with Crippen LogP contribution < -0.4 is 22.5 Å². The Morgan fingerprint density at radius 2 is 1.78 bits per heavy atom. The predicted molar refractivity (Wildman–Crippen MR) is 183 cm³/mol. The van der Waals surface area contributed by atoms with Crippen molar-refractivity contribution < 1.29 is 14.3 Å². The summed E-state index contributed by atoms with van der Waals surface area (Å²) in [5, 5.41) is 3.11. The fourth-order valence-corrected chi connectivity index (χ4v) is 5.21. The van der Waals surface area contributed by atoms with E-state index in [4.69, 9.17) is 21.9 Å². The maximum absolute atomic E-state index is 11.6. The normalized spacial score (nSPS) is 11.9. The summed E-state index contributed by atoms with van der Waals surface area (Å²) in [7, 11) is 3.65. The lowest BCUT2D eigenvalue weighted by atomic mass is 10.1. The SMILES string of the molecule is CCCN=C(N)N.CNC1=CC=C(OC)CC1.NC(=O)Cn1c(-c2cccc(Sc3ccccc3)c2)nc2cc(C=O)ccc21. The lowest BCUT2D eigenvalue weighted by Crippen LogP contribution is -2.22. The molecule has 0 saturated carbocycles.